The number of hydrogen-bond acceptors (Lipinski definition) is 5. The van der Waals surface area contributed by atoms with Crippen LogP contribution in [0.15, 0.2) is 12.4 Å². The van der Waals surface area contributed by atoms with Gasteiger partial charge in [-0.2, -0.15) is 0 Å². The first-order valence-corrected chi connectivity index (χ1v) is 5.76. The Bertz CT molecular complexity index is 280. The minimum absolute atomic E-state index is 0.0614. The molecule has 5 nitrogen and oxygen atoms in total. The lowest BCUT2D eigenvalue weighted by molar-refractivity contribution is 0.178. The van der Waals surface area contributed by atoms with E-state index in [9.17, 15) is 0 Å². The van der Waals surface area contributed by atoms with Gasteiger partial charge in [0.1, 0.15) is 0 Å². The van der Waals surface area contributed by atoms with Gasteiger partial charge in [-0.25, -0.2) is 9.97 Å². The maximum absolute atomic E-state index is 5.77. The summed E-state index contributed by atoms with van der Waals surface area (Å²) in [4.78, 5) is 8.24. The van der Waals surface area contributed by atoms with Crippen LogP contribution < -0.4 is 11.1 Å². The molecule has 84 valence electrons. The van der Waals surface area contributed by atoms with Crippen molar-refractivity contribution in [3.8, 4) is 0 Å². The molecule has 1 aromatic rings. The third-order valence-electron chi connectivity index (χ3n) is 1.80. The number of nitrogens with zero attached hydrogens (tertiary/aromatic N) is 2. The molecule has 3 N–H and O–H groups in total. The summed E-state index contributed by atoms with van der Waals surface area (Å²) in [6.45, 7) is 1.33. The molecule has 15 heavy (non-hydrogen) atoms. The molecule has 0 fully saturated rings. The number of hydrogen-bond donors (Lipinski definition) is 2. The summed E-state index contributed by atoms with van der Waals surface area (Å²) in [7, 11) is 1.65. The van der Waals surface area contributed by atoms with Crippen LogP contribution in [-0.2, 0) is 4.74 Å². The van der Waals surface area contributed by atoms with Gasteiger partial charge in [-0.1, -0.05) is 0 Å². The summed E-state index contributed by atoms with van der Waals surface area (Å²) in [5.41, 5.74) is 5.77. The summed E-state index contributed by atoms with van der Waals surface area (Å²) in [6, 6.07) is 0.0614. The molecule has 0 aliphatic carbocycles. The Labute approximate surface area is 103 Å². The second kappa shape index (κ2) is 6.91. The zero-order chi connectivity index (χ0) is 11.1. The molecule has 0 spiro atoms. The molecule has 1 unspecified atom stereocenters. The van der Waals surface area contributed by atoms with Crippen molar-refractivity contribution in [2.45, 2.75) is 12.5 Å². The number of methoxy groups -OCH3 is 1. The van der Waals surface area contributed by atoms with E-state index >= 15 is 0 Å². The molecule has 1 rings (SSSR count). The molecule has 0 aliphatic heterocycles. The summed E-state index contributed by atoms with van der Waals surface area (Å²) >= 11 is 2.17. The van der Waals surface area contributed by atoms with Crippen LogP contribution in [0.4, 0.5) is 5.95 Å². The lowest BCUT2D eigenvalue weighted by Crippen LogP contribution is -2.28. The minimum atomic E-state index is 0.0614. The van der Waals surface area contributed by atoms with Gasteiger partial charge in [0.2, 0.25) is 5.95 Å². The molecule has 0 amide bonds. The Balaban J connectivity index is 2.22. The van der Waals surface area contributed by atoms with Gasteiger partial charge in [0, 0.05) is 35.7 Å². The van der Waals surface area contributed by atoms with Gasteiger partial charge in [-0.3, -0.25) is 0 Å². The van der Waals surface area contributed by atoms with Crippen molar-refractivity contribution in [3.05, 3.63) is 16.0 Å². The van der Waals surface area contributed by atoms with Crippen LogP contribution in [-0.4, -0.2) is 36.3 Å². The van der Waals surface area contributed by atoms with Crippen LogP contribution in [0.2, 0.25) is 0 Å². The second-order valence-corrected chi connectivity index (χ2v) is 4.40. The van der Waals surface area contributed by atoms with Crippen LogP contribution in [0.3, 0.4) is 0 Å². The van der Waals surface area contributed by atoms with Gasteiger partial charge < -0.3 is 15.8 Å². The van der Waals surface area contributed by atoms with Gasteiger partial charge in [0.25, 0.3) is 0 Å². The molecule has 1 aromatic heterocycles. The number of nitrogens with one attached hydrogen (secondary N) is 1. The first-order valence-electron chi connectivity index (χ1n) is 4.68. The van der Waals surface area contributed by atoms with E-state index in [-0.39, 0.29) is 6.04 Å². The first kappa shape index (κ1) is 12.6. The highest BCUT2D eigenvalue weighted by Gasteiger charge is 2.01. The van der Waals surface area contributed by atoms with Crippen molar-refractivity contribution >= 4 is 28.5 Å². The molecular weight excluding hydrogens is 307 g/mol. The summed E-state index contributed by atoms with van der Waals surface area (Å²) in [5, 5.41) is 3.10. The highest BCUT2D eigenvalue weighted by Crippen LogP contribution is 2.02. The third-order valence-corrected chi connectivity index (χ3v) is 2.36. The predicted molar refractivity (Wildman–Crippen MR) is 67.7 cm³/mol. The van der Waals surface area contributed by atoms with Crippen LogP contribution >= 0.6 is 22.6 Å². The Kier molecular flexibility index (Phi) is 5.81. The van der Waals surface area contributed by atoms with Gasteiger partial charge in [-0.15, -0.1) is 0 Å². The zero-order valence-electron chi connectivity index (χ0n) is 8.61. The lowest BCUT2D eigenvalue weighted by Gasteiger charge is -2.10. The number of halogens is 1. The molecular formula is C9H15IN4O. The number of anilines is 1. The van der Waals surface area contributed by atoms with E-state index in [1.807, 2.05) is 0 Å². The monoisotopic (exact) mass is 322 g/mol. The SMILES string of the molecule is COCC(N)CCNc1ncc(I)cn1. The van der Waals surface area contributed by atoms with Crippen molar-refractivity contribution < 1.29 is 4.74 Å². The summed E-state index contributed by atoms with van der Waals surface area (Å²) < 4.78 is 5.96. The third kappa shape index (κ3) is 5.24. The van der Waals surface area contributed by atoms with Crippen molar-refractivity contribution in [2.75, 3.05) is 25.6 Å². The molecule has 1 heterocycles. The Morgan fingerprint density at radius 3 is 2.80 bits per heavy atom. The first-order chi connectivity index (χ1) is 7.22. The Morgan fingerprint density at radius 1 is 1.53 bits per heavy atom. The second-order valence-electron chi connectivity index (χ2n) is 3.16. The van der Waals surface area contributed by atoms with E-state index < -0.39 is 0 Å². The van der Waals surface area contributed by atoms with Crippen molar-refractivity contribution in [1.82, 2.24) is 9.97 Å². The van der Waals surface area contributed by atoms with Crippen molar-refractivity contribution in [2.24, 2.45) is 5.73 Å². The van der Waals surface area contributed by atoms with E-state index in [1.165, 1.54) is 0 Å². The molecule has 0 radical (unpaired) electrons. The van der Waals surface area contributed by atoms with Gasteiger partial charge in [-0.05, 0) is 29.0 Å². The number of rotatable bonds is 6. The summed E-state index contributed by atoms with van der Waals surface area (Å²) in [6.07, 6.45) is 4.37. The molecule has 0 saturated heterocycles. The number of ether oxygens (including phenoxy) is 1. The fourth-order valence-corrected chi connectivity index (χ4v) is 1.35. The predicted octanol–water partition coefficient (Wildman–Crippen LogP) is 0.857. The van der Waals surface area contributed by atoms with E-state index in [0.29, 0.717) is 12.6 Å². The quantitative estimate of drug-likeness (QED) is 0.760. The fourth-order valence-electron chi connectivity index (χ4n) is 1.07. The van der Waals surface area contributed by atoms with Crippen LogP contribution in [0.1, 0.15) is 6.42 Å². The normalized spacial score (nSPS) is 12.5. The largest absolute Gasteiger partial charge is 0.383 e. The van der Waals surface area contributed by atoms with Crippen molar-refractivity contribution in [3.63, 3.8) is 0 Å². The van der Waals surface area contributed by atoms with E-state index in [0.717, 1.165) is 16.5 Å². The molecule has 0 bridgehead atoms. The maximum Gasteiger partial charge on any atom is 0.222 e. The lowest BCUT2D eigenvalue weighted by atomic mass is 10.2. The Morgan fingerprint density at radius 2 is 2.20 bits per heavy atom. The van der Waals surface area contributed by atoms with Crippen LogP contribution in [0, 0.1) is 3.57 Å². The van der Waals surface area contributed by atoms with Gasteiger partial charge >= 0.3 is 0 Å². The highest BCUT2D eigenvalue weighted by molar-refractivity contribution is 14.1. The molecule has 0 saturated carbocycles. The maximum atomic E-state index is 5.77. The highest BCUT2D eigenvalue weighted by atomic mass is 127. The smallest absolute Gasteiger partial charge is 0.222 e. The topological polar surface area (TPSA) is 73.1 Å². The zero-order valence-corrected chi connectivity index (χ0v) is 10.8. The minimum Gasteiger partial charge on any atom is -0.383 e. The molecule has 6 heteroatoms. The van der Waals surface area contributed by atoms with Crippen LogP contribution in [0.25, 0.3) is 0 Å². The summed E-state index contributed by atoms with van der Waals surface area (Å²) in [5.74, 6) is 0.639. The van der Waals surface area contributed by atoms with E-state index in [2.05, 4.69) is 37.9 Å². The van der Waals surface area contributed by atoms with Gasteiger partial charge in [0.05, 0.1) is 6.61 Å². The van der Waals surface area contributed by atoms with Crippen molar-refractivity contribution in [1.29, 1.82) is 0 Å². The fraction of sp³-hybridized carbons (Fsp3) is 0.556. The van der Waals surface area contributed by atoms with Gasteiger partial charge in [0.15, 0.2) is 0 Å². The average Bonchev–Trinajstić information content (AvgIpc) is 2.21. The molecule has 1 atom stereocenters. The molecule has 0 aliphatic rings. The Hall–Kier alpha value is -0.470. The van der Waals surface area contributed by atoms with Crippen LogP contribution in [0.5, 0.6) is 0 Å². The molecule has 0 aromatic carbocycles. The standard InChI is InChI=1S/C9H15IN4O/c1-15-6-8(11)2-3-12-9-13-4-7(10)5-14-9/h4-5,8H,2-3,6,11H2,1H3,(H,12,13,14). The number of aromatic nitrogens is 2. The van der Waals surface area contributed by atoms with E-state index in [4.69, 9.17) is 10.5 Å². The average molecular weight is 322 g/mol. The van der Waals surface area contributed by atoms with E-state index in [1.54, 1.807) is 19.5 Å². The number of nitrogens with two attached hydrogens (primary N) is 1.